The highest BCUT2D eigenvalue weighted by molar-refractivity contribution is 7.99. The van der Waals surface area contributed by atoms with E-state index in [4.69, 9.17) is 0 Å². The molecule has 30 heavy (non-hydrogen) atoms. The molecule has 0 saturated carbocycles. The number of hydrogen-bond donors (Lipinski definition) is 1. The second-order valence-corrected chi connectivity index (χ2v) is 8.04. The normalized spacial score (nSPS) is 16.4. The van der Waals surface area contributed by atoms with Gasteiger partial charge in [0.15, 0.2) is 0 Å². The molecule has 158 valence electrons. The van der Waals surface area contributed by atoms with Crippen LogP contribution in [-0.4, -0.2) is 46.3 Å². The fourth-order valence-electron chi connectivity index (χ4n) is 3.51. The number of non-ortho nitro benzene ring substituents is 1. The van der Waals surface area contributed by atoms with Crippen molar-refractivity contribution in [2.24, 2.45) is 0 Å². The van der Waals surface area contributed by atoms with Crippen molar-refractivity contribution in [3.63, 3.8) is 0 Å². The lowest BCUT2D eigenvalue weighted by Gasteiger charge is -2.22. The van der Waals surface area contributed by atoms with Crippen LogP contribution < -0.4 is 5.32 Å². The predicted octanol–water partition coefficient (Wildman–Crippen LogP) is 3.87. The Morgan fingerprint density at radius 3 is 2.53 bits per heavy atom. The second kappa shape index (κ2) is 9.68. The smallest absolute Gasteiger partial charge is 0.284 e. The lowest BCUT2D eigenvalue weighted by atomic mass is 10.1. The summed E-state index contributed by atoms with van der Waals surface area (Å²) in [5.41, 5.74) is 0.00242. The van der Waals surface area contributed by atoms with Crippen molar-refractivity contribution in [1.82, 2.24) is 10.2 Å². The minimum Gasteiger partial charge on any atom is -0.350 e. The van der Waals surface area contributed by atoms with Crippen LogP contribution in [0.5, 0.6) is 0 Å². The standard InChI is InChI=1S/C20H22N4O5S/c1-2-22-11-3-4-16(22)13-21-20(25)14-5-10-19(18(12-14)24(28)29)30-17-8-6-15(7-9-17)23(26)27/h5-10,12,16H,2-4,11,13H2,1H3,(H,21,25). The first-order valence-corrected chi connectivity index (χ1v) is 10.4. The number of rotatable bonds is 8. The van der Waals surface area contributed by atoms with Crippen molar-refractivity contribution in [3.8, 4) is 0 Å². The Labute approximate surface area is 177 Å². The van der Waals surface area contributed by atoms with E-state index in [0.717, 1.165) is 37.7 Å². The molecular formula is C20H22N4O5S. The van der Waals surface area contributed by atoms with E-state index in [-0.39, 0.29) is 22.8 Å². The monoisotopic (exact) mass is 430 g/mol. The van der Waals surface area contributed by atoms with Gasteiger partial charge in [0.2, 0.25) is 0 Å². The van der Waals surface area contributed by atoms with E-state index in [2.05, 4.69) is 17.1 Å². The third-order valence-electron chi connectivity index (χ3n) is 5.10. The summed E-state index contributed by atoms with van der Waals surface area (Å²) in [5, 5.41) is 25.2. The maximum Gasteiger partial charge on any atom is 0.284 e. The van der Waals surface area contributed by atoms with Gasteiger partial charge in [0.25, 0.3) is 17.3 Å². The zero-order valence-electron chi connectivity index (χ0n) is 16.4. The van der Waals surface area contributed by atoms with Gasteiger partial charge in [-0.3, -0.25) is 29.9 Å². The Balaban J connectivity index is 1.72. The molecule has 1 atom stereocenters. The number of nitrogens with zero attached hydrogens (tertiary/aromatic N) is 3. The van der Waals surface area contributed by atoms with E-state index >= 15 is 0 Å². The molecule has 9 nitrogen and oxygen atoms in total. The molecule has 0 spiro atoms. The van der Waals surface area contributed by atoms with Crippen LogP contribution in [-0.2, 0) is 0 Å². The summed E-state index contributed by atoms with van der Waals surface area (Å²) in [7, 11) is 0. The zero-order chi connectivity index (χ0) is 21.7. The van der Waals surface area contributed by atoms with Crippen molar-refractivity contribution in [2.75, 3.05) is 19.6 Å². The molecule has 10 heteroatoms. The van der Waals surface area contributed by atoms with Gasteiger partial charge < -0.3 is 5.32 Å². The Morgan fingerprint density at radius 1 is 1.17 bits per heavy atom. The second-order valence-electron chi connectivity index (χ2n) is 6.93. The van der Waals surface area contributed by atoms with Crippen LogP contribution in [0.2, 0.25) is 0 Å². The van der Waals surface area contributed by atoms with Gasteiger partial charge in [-0.2, -0.15) is 0 Å². The maximum absolute atomic E-state index is 12.5. The van der Waals surface area contributed by atoms with Crippen LogP contribution in [0.4, 0.5) is 11.4 Å². The zero-order valence-corrected chi connectivity index (χ0v) is 17.3. The summed E-state index contributed by atoms with van der Waals surface area (Å²) in [4.78, 5) is 37.1. The fourth-order valence-corrected chi connectivity index (χ4v) is 4.41. The number of nitrogens with one attached hydrogen (secondary N) is 1. The Morgan fingerprint density at radius 2 is 1.90 bits per heavy atom. The van der Waals surface area contributed by atoms with Gasteiger partial charge in [-0.05, 0) is 50.2 Å². The maximum atomic E-state index is 12.5. The van der Waals surface area contributed by atoms with Gasteiger partial charge >= 0.3 is 0 Å². The van der Waals surface area contributed by atoms with Crippen LogP contribution in [0.3, 0.4) is 0 Å². The molecule has 1 heterocycles. The van der Waals surface area contributed by atoms with Gasteiger partial charge in [0, 0.05) is 41.2 Å². The molecule has 1 amide bonds. The minimum atomic E-state index is -0.527. The number of nitro benzene ring substituents is 2. The molecule has 2 aromatic rings. The van der Waals surface area contributed by atoms with E-state index < -0.39 is 9.85 Å². The van der Waals surface area contributed by atoms with Crippen molar-refractivity contribution in [2.45, 2.75) is 35.6 Å². The number of likely N-dealkylation sites (N-methyl/N-ethyl adjacent to an activating group) is 1. The number of likely N-dealkylation sites (tertiary alicyclic amines) is 1. The third-order valence-corrected chi connectivity index (χ3v) is 6.17. The topological polar surface area (TPSA) is 119 Å². The quantitative estimate of drug-likeness (QED) is 0.499. The van der Waals surface area contributed by atoms with Gasteiger partial charge in [-0.15, -0.1) is 0 Å². The summed E-state index contributed by atoms with van der Waals surface area (Å²) in [5.74, 6) is -0.340. The molecule has 1 N–H and O–H groups in total. The molecule has 1 fully saturated rings. The minimum absolute atomic E-state index is 0.0511. The molecular weight excluding hydrogens is 408 g/mol. The summed E-state index contributed by atoms with van der Waals surface area (Å²) in [6, 6.07) is 10.4. The average Bonchev–Trinajstić information content (AvgIpc) is 3.20. The van der Waals surface area contributed by atoms with Gasteiger partial charge in [0.1, 0.15) is 0 Å². The molecule has 1 saturated heterocycles. The summed E-state index contributed by atoms with van der Waals surface area (Å²) >= 11 is 1.12. The molecule has 1 aliphatic rings. The lowest BCUT2D eigenvalue weighted by molar-refractivity contribution is -0.387. The highest BCUT2D eigenvalue weighted by atomic mass is 32.2. The van der Waals surface area contributed by atoms with Gasteiger partial charge in [0.05, 0.1) is 14.7 Å². The molecule has 3 rings (SSSR count). The Hall–Kier alpha value is -2.98. The van der Waals surface area contributed by atoms with E-state index in [9.17, 15) is 25.0 Å². The number of nitro groups is 2. The number of hydrogen-bond acceptors (Lipinski definition) is 7. The van der Waals surface area contributed by atoms with Crippen molar-refractivity contribution < 1.29 is 14.6 Å². The molecule has 0 aromatic heterocycles. The van der Waals surface area contributed by atoms with Crippen LogP contribution in [0.25, 0.3) is 0 Å². The van der Waals surface area contributed by atoms with E-state index in [1.807, 2.05) is 0 Å². The Kier molecular flexibility index (Phi) is 7.01. The molecule has 0 bridgehead atoms. The number of amides is 1. The summed E-state index contributed by atoms with van der Waals surface area (Å²) in [6.07, 6.45) is 2.13. The largest absolute Gasteiger partial charge is 0.350 e. The lowest BCUT2D eigenvalue weighted by Crippen LogP contribution is -2.40. The molecule has 0 radical (unpaired) electrons. The number of carbonyl (C=O) groups excluding carboxylic acids is 1. The first-order valence-electron chi connectivity index (χ1n) is 9.62. The van der Waals surface area contributed by atoms with Crippen molar-refractivity contribution >= 4 is 29.0 Å². The average molecular weight is 430 g/mol. The van der Waals surface area contributed by atoms with Crippen LogP contribution in [0.1, 0.15) is 30.1 Å². The van der Waals surface area contributed by atoms with Crippen LogP contribution in [0.15, 0.2) is 52.3 Å². The summed E-state index contributed by atoms with van der Waals surface area (Å²) < 4.78 is 0. The van der Waals surface area contributed by atoms with Gasteiger partial charge in [-0.25, -0.2) is 0 Å². The van der Waals surface area contributed by atoms with Crippen LogP contribution in [0, 0.1) is 20.2 Å². The van der Waals surface area contributed by atoms with Gasteiger partial charge in [-0.1, -0.05) is 18.7 Å². The SMILES string of the molecule is CCN1CCCC1CNC(=O)c1ccc(Sc2ccc([N+](=O)[O-])cc2)c([N+](=O)[O-])c1. The third kappa shape index (κ3) is 5.14. The van der Waals surface area contributed by atoms with Crippen LogP contribution >= 0.6 is 11.8 Å². The number of benzene rings is 2. The molecule has 1 unspecified atom stereocenters. The first kappa shape index (κ1) is 21.7. The van der Waals surface area contributed by atoms with E-state index in [1.54, 1.807) is 6.07 Å². The summed E-state index contributed by atoms with van der Waals surface area (Å²) in [6.45, 7) is 4.56. The molecule has 2 aromatic carbocycles. The molecule has 0 aliphatic carbocycles. The number of carbonyl (C=O) groups is 1. The molecule has 1 aliphatic heterocycles. The van der Waals surface area contributed by atoms with Crippen molar-refractivity contribution in [3.05, 3.63) is 68.3 Å². The van der Waals surface area contributed by atoms with E-state index in [1.165, 1.54) is 36.4 Å². The van der Waals surface area contributed by atoms with E-state index in [0.29, 0.717) is 22.4 Å². The highest BCUT2D eigenvalue weighted by Gasteiger charge is 2.24. The Bertz CT molecular complexity index is 951. The van der Waals surface area contributed by atoms with Crippen molar-refractivity contribution in [1.29, 1.82) is 0 Å². The highest BCUT2D eigenvalue weighted by Crippen LogP contribution is 2.36. The predicted molar refractivity (Wildman–Crippen MR) is 113 cm³/mol. The first-order chi connectivity index (χ1) is 14.4. The fraction of sp³-hybridized carbons (Fsp3) is 0.350.